The molecule has 0 bridgehead atoms. The van der Waals surface area contributed by atoms with Crippen LogP contribution in [0.5, 0.6) is 0 Å². The molecule has 0 aliphatic carbocycles. The van der Waals surface area contributed by atoms with Crippen molar-refractivity contribution in [2.45, 2.75) is 49.2 Å². The lowest BCUT2D eigenvalue weighted by molar-refractivity contribution is -0.0434. The first-order chi connectivity index (χ1) is 21.3. The molecule has 45 heavy (non-hydrogen) atoms. The number of alkyl halides is 2. The fraction of sp³-hybridized carbons (Fsp3) is 0.500. The number of rotatable bonds is 2. The zero-order valence-electron chi connectivity index (χ0n) is 22.3. The van der Waals surface area contributed by atoms with Gasteiger partial charge in [0, 0.05) is 6.54 Å². The molecule has 0 spiro atoms. The van der Waals surface area contributed by atoms with Crippen LogP contribution in [0.15, 0.2) is 23.8 Å². The van der Waals surface area contributed by atoms with Gasteiger partial charge < -0.3 is 20.9 Å². The standard InChI is InChI=1S/C20H22F2N11O9PS2/c21-8-12-6(39-18(8)33-5-28-11-16(33)30-20(24)31-17(11)34)1-29-45(36,37)42-13-7(2-38-43(35,44)41-12)40-19(9(13)22)32-4-27-10-14(23)25-3-26-15(10)32/h3-9,12-13,18-19,29H,1-2H2,(H,35,44)(H2,23,25,26)(H3,24,30,31,34)/t6-,7-,8-,9-,12-,13-,18-,19-,43+/m1/s1. The Kier molecular flexibility index (Phi) is 7.33. The Morgan fingerprint density at radius 2 is 1.64 bits per heavy atom. The average Bonchev–Trinajstić information content (AvgIpc) is 3.72. The fourth-order valence-corrected chi connectivity index (χ4v) is 7.72. The number of aromatic amines is 1. The molecule has 20 nitrogen and oxygen atoms in total. The molecule has 0 unspecified atom stereocenters. The van der Waals surface area contributed by atoms with Crippen LogP contribution in [0.1, 0.15) is 12.5 Å². The number of thiol groups is 1. The number of imidazole rings is 2. The Morgan fingerprint density at radius 3 is 2.40 bits per heavy atom. The van der Waals surface area contributed by atoms with Crippen molar-refractivity contribution in [1.82, 2.24) is 43.8 Å². The summed E-state index contributed by atoms with van der Waals surface area (Å²) >= 11 is 3.94. The maximum atomic E-state index is 15.9. The van der Waals surface area contributed by atoms with E-state index in [4.69, 9.17) is 34.2 Å². The summed E-state index contributed by atoms with van der Waals surface area (Å²) in [6, 6.07) is 0. The van der Waals surface area contributed by atoms with E-state index in [1.54, 1.807) is 0 Å². The molecule has 3 aliphatic heterocycles. The molecule has 0 saturated carbocycles. The van der Waals surface area contributed by atoms with E-state index >= 15 is 8.78 Å². The normalized spacial score (nSPS) is 35.5. The van der Waals surface area contributed by atoms with Crippen molar-refractivity contribution >= 4 is 63.4 Å². The molecule has 0 aromatic carbocycles. The molecule has 4 aromatic heterocycles. The first kappa shape index (κ1) is 30.3. The molecule has 3 aliphatic rings. The number of aromatic nitrogens is 8. The van der Waals surface area contributed by atoms with Crippen molar-refractivity contribution in [3.05, 3.63) is 29.3 Å². The summed E-state index contributed by atoms with van der Waals surface area (Å²) in [7, 11) is -4.78. The quantitative estimate of drug-likeness (QED) is 0.128. The zero-order chi connectivity index (χ0) is 31.8. The van der Waals surface area contributed by atoms with Gasteiger partial charge >= 0.3 is 17.1 Å². The molecule has 25 heteroatoms. The number of ether oxygens (including phenoxy) is 2. The second-order valence-corrected chi connectivity index (χ2v) is 14.3. The molecular formula is C20H22F2N11O9PS2. The number of hydrogen-bond donors (Lipinski definition) is 5. The molecule has 242 valence electrons. The van der Waals surface area contributed by atoms with E-state index in [0.717, 1.165) is 21.8 Å². The summed E-state index contributed by atoms with van der Waals surface area (Å²) in [5.41, 5.74) is 10.6. The van der Waals surface area contributed by atoms with Crippen LogP contribution in [0.25, 0.3) is 22.3 Å². The third kappa shape index (κ3) is 5.34. The van der Waals surface area contributed by atoms with Crippen molar-refractivity contribution < 1.29 is 44.5 Å². The Balaban J connectivity index is 1.17. The van der Waals surface area contributed by atoms with E-state index in [-0.39, 0.29) is 34.1 Å². The SMILES string of the molecule is Nc1nc2c(ncn2[C@@H]2O[C@@H]3CNS(=O)(=O)O[C@H]4[C@@H](F)[C@H](n5cnc6c(N)ncnc65)O[C@@H]4CO[P@](=O)(S)O[C@H]3[C@H]2F)c(=O)[nH]1. The highest BCUT2D eigenvalue weighted by Gasteiger charge is 2.53. The molecular weight excluding hydrogens is 671 g/mol. The van der Waals surface area contributed by atoms with Gasteiger partial charge in [0.05, 0.1) is 19.3 Å². The molecule has 3 saturated heterocycles. The molecule has 9 atom stereocenters. The maximum absolute atomic E-state index is 15.9. The topological polar surface area (TPSA) is 269 Å². The third-order valence-corrected chi connectivity index (χ3v) is 9.89. The van der Waals surface area contributed by atoms with Crippen LogP contribution in [-0.4, -0.2) is 97.4 Å². The number of H-pyrrole nitrogens is 1. The minimum Gasteiger partial charge on any atom is -0.382 e. The van der Waals surface area contributed by atoms with Gasteiger partial charge in [0.25, 0.3) is 5.56 Å². The lowest BCUT2D eigenvalue weighted by Gasteiger charge is -2.26. The van der Waals surface area contributed by atoms with Gasteiger partial charge in [-0.05, 0) is 0 Å². The van der Waals surface area contributed by atoms with Crippen LogP contribution < -0.4 is 21.7 Å². The molecule has 7 rings (SSSR count). The van der Waals surface area contributed by atoms with E-state index in [9.17, 15) is 17.8 Å². The minimum absolute atomic E-state index is 0.00891. The Labute approximate surface area is 254 Å². The van der Waals surface area contributed by atoms with E-state index in [1.165, 1.54) is 6.33 Å². The van der Waals surface area contributed by atoms with Gasteiger partial charge in [0.15, 0.2) is 47.4 Å². The van der Waals surface area contributed by atoms with Crippen LogP contribution in [0.4, 0.5) is 20.5 Å². The third-order valence-electron chi connectivity index (χ3n) is 7.28. The second-order valence-electron chi connectivity index (χ2n) is 10.1. The number of anilines is 2. The van der Waals surface area contributed by atoms with E-state index in [1.807, 2.05) is 0 Å². The highest BCUT2D eigenvalue weighted by atomic mass is 32.7. The summed E-state index contributed by atoms with van der Waals surface area (Å²) in [5.74, 6) is -0.280. The first-order valence-corrected chi connectivity index (χ1v) is 17.0. The smallest absolute Gasteiger partial charge is 0.382 e. The van der Waals surface area contributed by atoms with Gasteiger partial charge in [-0.25, -0.2) is 37.5 Å². The van der Waals surface area contributed by atoms with Crippen LogP contribution in [0.3, 0.4) is 0 Å². The monoisotopic (exact) mass is 693 g/mol. The van der Waals surface area contributed by atoms with Gasteiger partial charge in [-0.15, -0.1) is 0 Å². The van der Waals surface area contributed by atoms with Gasteiger partial charge in [0.1, 0.15) is 36.3 Å². The van der Waals surface area contributed by atoms with Gasteiger partial charge in [0.2, 0.25) is 5.95 Å². The van der Waals surface area contributed by atoms with Crippen molar-refractivity contribution in [1.29, 1.82) is 0 Å². The Morgan fingerprint density at radius 1 is 0.978 bits per heavy atom. The van der Waals surface area contributed by atoms with Crippen molar-refractivity contribution in [3.8, 4) is 0 Å². The van der Waals surface area contributed by atoms with Crippen LogP contribution in [0, 0.1) is 0 Å². The lowest BCUT2D eigenvalue weighted by atomic mass is 10.1. The summed E-state index contributed by atoms with van der Waals surface area (Å²) in [6.07, 6.45) is -10.7. The molecule has 0 amide bonds. The van der Waals surface area contributed by atoms with Crippen LogP contribution in [0.2, 0.25) is 0 Å². The van der Waals surface area contributed by atoms with Gasteiger partial charge in [-0.2, -0.15) is 18.1 Å². The largest absolute Gasteiger partial charge is 0.386 e. The summed E-state index contributed by atoms with van der Waals surface area (Å²) in [6.45, 7) is -5.94. The average molecular weight is 694 g/mol. The molecule has 0 radical (unpaired) electrons. The highest BCUT2D eigenvalue weighted by molar-refractivity contribution is 8.44. The second kappa shape index (κ2) is 10.9. The van der Waals surface area contributed by atoms with E-state index < -0.39 is 85.0 Å². The first-order valence-electron chi connectivity index (χ1n) is 12.9. The van der Waals surface area contributed by atoms with Crippen LogP contribution >= 0.6 is 19.0 Å². The summed E-state index contributed by atoms with van der Waals surface area (Å²) < 4.78 is 103. The predicted molar refractivity (Wildman–Crippen MR) is 149 cm³/mol. The number of nitrogens with two attached hydrogens (primary N) is 2. The zero-order valence-corrected chi connectivity index (χ0v) is 24.9. The van der Waals surface area contributed by atoms with E-state index in [2.05, 4.69) is 46.9 Å². The van der Waals surface area contributed by atoms with Crippen LogP contribution in [-0.2, 0) is 37.6 Å². The Bertz CT molecular complexity index is 2010. The lowest BCUT2D eigenvalue weighted by Crippen LogP contribution is -2.44. The van der Waals surface area contributed by atoms with Gasteiger partial charge in [-0.1, -0.05) is 12.2 Å². The number of nitrogen functional groups attached to an aromatic ring is 2. The molecule has 7 heterocycles. The summed E-state index contributed by atoms with van der Waals surface area (Å²) in [5, 5.41) is 0. The van der Waals surface area contributed by atoms with Crippen molar-refractivity contribution in [2.24, 2.45) is 0 Å². The number of hydrogen-bond acceptors (Lipinski definition) is 16. The number of fused-ring (bicyclic) bond motifs is 4. The van der Waals surface area contributed by atoms with Gasteiger partial charge in [-0.3, -0.25) is 28.0 Å². The highest BCUT2D eigenvalue weighted by Crippen LogP contribution is 2.57. The number of nitrogens with zero attached hydrogens (tertiary/aromatic N) is 7. The predicted octanol–water partition coefficient (Wildman–Crippen LogP) is -0.732. The molecule has 6 N–H and O–H groups in total. The number of halogens is 2. The molecule has 4 aromatic rings. The van der Waals surface area contributed by atoms with Crippen molar-refractivity contribution in [3.63, 3.8) is 0 Å². The van der Waals surface area contributed by atoms with E-state index in [0.29, 0.717) is 0 Å². The summed E-state index contributed by atoms with van der Waals surface area (Å²) in [4.78, 5) is 34.2. The van der Waals surface area contributed by atoms with Crippen molar-refractivity contribution in [2.75, 3.05) is 24.6 Å². The minimum atomic E-state index is -4.78. The number of nitrogens with one attached hydrogen (secondary N) is 2. The fourth-order valence-electron chi connectivity index (χ4n) is 5.28. The Hall–Kier alpha value is -3.35. The molecule has 3 fully saturated rings. The maximum Gasteiger partial charge on any atom is 0.386 e.